The molecule has 0 unspecified atom stereocenters. The molecule has 20 heavy (non-hydrogen) atoms. The molecule has 98 valence electrons. The Kier molecular flexibility index (Phi) is 3.10. The average molecular weight is 263 g/mol. The number of benzene rings is 1. The summed E-state index contributed by atoms with van der Waals surface area (Å²) < 4.78 is 5.27. The topological polar surface area (TPSA) is 54.7 Å². The van der Waals surface area contributed by atoms with Gasteiger partial charge in [0.1, 0.15) is 17.1 Å². The molecule has 0 aliphatic carbocycles. The van der Waals surface area contributed by atoms with Crippen molar-refractivity contribution in [1.82, 2.24) is 15.4 Å². The van der Waals surface area contributed by atoms with Crippen LogP contribution in [0.15, 0.2) is 41.1 Å². The standard InChI is InChI=1S/C16H13N3O/c1-11-10-17-18-15(11)9-8-14-12(2)20-19-16(14)13-6-4-3-5-7-13/h3-7,10H,1-2H3,(H,17,18). The van der Waals surface area contributed by atoms with Crippen molar-refractivity contribution in [3.05, 3.63) is 59.1 Å². The normalized spacial score (nSPS) is 10.1. The number of rotatable bonds is 1. The summed E-state index contributed by atoms with van der Waals surface area (Å²) >= 11 is 0. The van der Waals surface area contributed by atoms with Gasteiger partial charge in [-0.1, -0.05) is 41.4 Å². The number of nitrogens with one attached hydrogen (secondary N) is 1. The van der Waals surface area contributed by atoms with Gasteiger partial charge in [0, 0.05) is 11.1 Å². The van der Waals surface area contributed by atoms with Crippen molar-refractivity contribution in [3.8, 4) is 23.1 Å². The first kappa shape index (κ1) is 12.2. The molecule has 3 aromatic rings. The van der Waals surface area contributed by atoms with Gasteiger partial charge in [-0.2, -0.15) is 5.10 Å². The molecule has 0 atom stereocenters. The molecule has 0 fully saturated rings. The molecular formula is C16H13N3O. The Hall–Kier alpha value is -2.80. The van der Waals surface area contributed by atoms with Crippen LogP contribution in [-0.4, -0.2) is 15.4 Å². The molecule has 2 heterocycles. The van der Waals surface area contributed by atoms with Crippen LogP contribution in [0.2, 0.25) is 0 Å². The molecule has 2 aromatic heterocycles. The summed E-state index contributed by atoms with van der Waals surface area (Å²) in [4.78, 5) is 0. The van der Waals surface area contributed by atoms with Gasteiger partial charge in [0.2, 0.25) is 0 Å². The molecule has 0 radical (unpaired) electrons. The Morgan fingerprint density at radius 3 is 2.60 bits per heavy atom. The van der Waals surface area contributed by atoms with Gasteiger partial charge in [0.25, 0.3) is 0 Å². The first-order valence-electron chi connectivity index (χ1n) is 6.29. The van der Waals surface area contributed by atoms with E-state index >= 15 is 0 Å². The van der Waals surface area contributed by atoms with Gasteiger partial charge in [-0.05, 0) is 19.8 Å². The van der Waals surface area contributed by atoms with Crippen LogP contribution in [0.3, 0.4) is 0 Å². The zero-order chi connectivity index (χ0) is 13.9. The van der Waals surface area contributed by atoms with Crippen molar-refractivity contribution < 1.29 is 4.52 Å². The fourth-order valence-corrected chi connectivity index (χ4v) is 1.91. The summed E-state index contributed by atoms with van der Waals surface area (Å²) in [5.74, 6) is 6.92. The maximum Gasteiger partial charge on any atom is 0.149 e. The molecular weight excluding hydrogens is 250 g/mol. The molecule has 1 aromatic carbocycles. The van der Waals surface area contributed by atoms with Crippen LogP contribution in [0.5, 0.6) is 0 Å². The van der Waals surface area contributed by atoms with Gasteiger partial charge in [-0.3, -0.25) is 5.10 Å². The Bertz CT molecular complexity index is 788. The van der Waals surface area contributed by atoms with Crippen LogP contribution in [0.4, 0.5) is 0 Å². The highest BCUT2D eigenvalue weighted by atomic mass is 16.5. The van der Waals surface area contributed by atoms with Crippen LogP contribution in [0, 0.1) is 25.7 Å². The molecule has 0 saturated heterocycles. The van der Waals surface area contributed by atoms with E-state index in [9.17, 15) is 0 Å². The minimum Gasteiger partial charge on any atom is -0.360 e. The number of aromatic amines is 1. The van der Waals surface area contributed by atoms with E-state index < -0.39 is 0 Å². The number of hydrogen-bond acceptors (Lipinski definition) is 3. The van der Waals surface area contributed by atoms with E-state index in [0.29, 0.717) is 5.76 Å². The maximum absolute atomic E-state index is 5.27. The predicted octanol–water partition coefficient (Wildman–Crippen LogP) is 3.08. The molecule has 0 aliphatic rings. The van der Waals surface area contributed by atoms with Crippen LogP contribution in [-0.2, 0) is 0 Å². The van der Waals surface area contributed by atoms with Crippen molar-refractivity contribution in [1.29, 1.82) is 0 Å². The summed E-state index contributed by atoms with van der Waals surface area (Å²) in [5.41, 5.74) is 4.41. The zero-order valence-electron chi connectivity index (χ0n) is 11.3. The van der Waals surface area contributed by atoms with Crippen molar-refractivity contribution in [2.75, 3.05) is 0 Å². The minimum absolute atomic E-state index is 0.716. The first-order chi connectivity index (χ1) is 9.75. The SMILES string of the molecule is Cc1cn[nH]c1C#Cc1c(-c2ccccc2)noc1C. The van der Waals surface area contributed by atoms with Crippen molar-refractivity contribution in [3.63, 3.8) is 0 Å². The third kappa shape index (κ3) is 2.21. The second-order valence-corrected chi connectivity index (χ2v) is 4.51. The molecule has 4 nitrogen and oxygen atoms in total. The van der Waals surface area contributed by atoms with E-state index in [4.69, 9.17) is 4.52 Å². The van der Waals surface area contributed by atoms with Gasteiger partial charge >= 0.3 is 0 Å². The molecule has 0 saturated carbocycles. The summed E-state index contributed by atoms with van der Waals surface area (Å²) in [6.45, 7) is 3.83. The van der Waals surface area contributed by atoms with Crippen LogP contribution < -0.4 is 0 Å². The zero-order valence-corrected chi connectivity index (χ0v) is 11.3. The molecule has 0 spiro atoms. The number of aromatic nitrogens is 3. The van der Waals surface area contributed by atoms with Crippen LogP contribution >= 0.6 is 0 Å². The largest absolute Gasteiger partial charge is 0.360 e. The Morgan fingerprint density at radius 1 is 1.10 bits per heavy atom. The third-order valence-corrected chi connectivity index (χ3v) is 3.05. The lowest BCUT2D eigenvalue weighted by molar-refractivity contribution is 0.399. The van der Waals surface area contributed by atoms with Gasteiger partial charge in [-0.15, -0.1) is 0 Å². The summed E-state index contributed by atoms with van der Waals surface area (Å²) in [5, 5.41) is 10.9. The lowest BCUT2D eigenvalue weighted by Crippen LogP contribution is -1.84. The highest BCUT2D eigenvalue weighted by Crippen LogP contribution is 2.24. The second-order valence-electron chi connectivity index (χ2n) is 4.51. The molecule has 4 heteroatoms. The predicted molar refractivity (Wildman–Crippen MR) is 76.0 cm³/mol. The lowest BCUT2D eigenvalue weighted by atomic mass is 10.1. The molecule has 3 rings (SSSR count). The maximum atomic E-state index is 5.27. The van der Waals surface area contributed by atoms with Crippen molar-refractivity contribution in [2.24, 2.45) is 0 Å². The molecule has 0 amide bonds. The fraction of sp³-hybridized carbons (Fsp3) is 0.125. The highest BCUT2D eigenvalue weighted by molar-refractivity contribution is 5.68. The monoisotopic (exact) mass is 263 g/mol. The van der Waals surface area contributed by atoms with E-state index in [-0.39, 0.29) is 0 Å². The van der Waals surface area contributed by atoms with Crippen LogP contribution in [0.25, 0.3) is 11.3 Å². The highest BCUT2D eigenvalue weighted by Gasteiger charge is 2.12. The average Bonchev–Trinajstić information content (AvgIpc) is 3.04. The van der Waals surface area contributed by atoms with E-state index in [1.807, 2.05) is 44.2 Å². The second kappa shape index (κ2) is 5.06. The van der Waals surface area contributed by atoms with E-state index in [1.165, 1.54) is 0 Å². The van der Waals surface area contributed by atoms with E-state index in [2.05, 4.69) is 27.2 Å². The summed E-state index contributed by atoms with van der Waals surface area (Å²) in [7, 11) is 0. The summed E-state index contributed by atoms with van der Waals surface area (Å²) in [6.07, 6.45) is 1.75. The Labute approximate surface area is 116 Å². The van der Waals surface area contributed by atoms with Crippen LogP contribution in [0.1, 0.15) is 22.6 Å². The minimum atomic E-state index is 0.716. The van der Waals surface area contributed by atoms with Gasteiger partial charge < -0.3 is 4.52 Å². The Balaban J connectivity index is 2.05. The molecule has 0 bridgehead atoms. The van der Waals surface area contributed by atoms with E-state index in [0.717, 1.165) is 28.1 Å². The lowest BCUT2D eigenvalue weighted by Gasteiger charge is -1.95. The quantitative estimate of drug-likeness (QED) is 0.686. The number of aryl methyl sites for hydroxylation is 2. The van der Waals surface area contributed by atoms with Gasteiger partial charge in [-0.25, -0.2) is 0 Å². The first-order valence-corrected chi connectivity index (χ1v) is 6.29. The van der Waals surface area contributed by atoms with Gasteiger partial charge in [0.05, 0.1) is 11.8 Å². The van der Waals surface area contributed by atoms with Gasteiger partial charge in [0.15, 0.2) is 0 Å². The summed E-state index contributed by atoms with van der Waals surface area (Å²) in [6, 6.07) is 9.88. The van der Waals surface area contributed by atoms with E-state index in [1.54, 1.807) is 6.20 Å². The fourth-order valence-electron chi connectivity index (χ4n) is 1.91. The molecule has 1 N–H and O–H groups in total. The van der Waals surface area contributed by atoms with Crippen molar-refractivity contribution >= 4 is 0 Å². The van der Waals surface area contributed by atoms with Crippen molar-refractivity contribution in [2.45, 2.75) is 13.8 Å². The number of hydrogen-bond donors (Lipinski definition) is 1. The molecule has 0 aliphatic heterocycles. The smallest absolute Gasteiger partial charge is 0.149 e. The number of H-pyrrole nitrogens is 1. The number of nitrogens with zero attached hydrogens (tertiary/aromatic N) is 2. The third-order valence-electron chi connectivity index (χ3n) is 3.05. The Morgan fingerprint density at radius 2 is 1.90 bits per heavy atom.